The molecule has 27 heavy (non-hydrogen) atoms. The summed E-state index contributed by atoms with van der Waals surface area (Å²) in [6.07, 6.45) is 0.693. The summed E-state index contributed by atoms with van der Waals surface area (Å²) in [7, 11) is 3.18. The van der Waals surface area contributed by atoms with Gasteiger partial charge in [-0.25, -0.2) is 4.79 Å². The van der Waals surface area contributed by atoms with Crippen molar-refractivity contribution in [3.05, 3.63) is 59.2 Å². The molecule has 2 aromatic rings. The SMILES string of the molecule is COc1cc(OC)cc(OCc2cccc(C3=C(C(=O)O)CNCC3)c2)c1. The summed E-state index contributed by atoms with van der Waals surface area (Å²) in [6, 6.07) is 13.2. The number of hydrogen-bond donors (Lipinski definition) is 2. The van der Waals surface area contributed by atoms with E-state index in [0.717, 1.165) is 23.2 Å². The second-order valence-electron chi connectivity index (χ2n) is 6.23. The summed E-state index contributed by atoms with van der Waals surface area (Å²) in [4.78, 5) is 11.5. The molecule has 0 amide bonds. The van der Waals surface area contributed by atoms with Gasteiger partial charge in [-0.3, -0.25) is 0 Å². The zero-order valence-corrected chi connectivity index (χ0v) is 15.5. The van der Waals surface area contributed by atoms with Gasteiger partial charge in [0.2, 0.25) is 0 Å². The molecule has 0 spiro atoms. The van der Waals surface area contributed by atoms with Gasteiger partial charge < -0.3 is 24.6 Å². The van der Waals surface area contributed by atoms with Crippen LogP contribution in [-0.2, 0) is 11.4 Å². The lowest BCUT2D eigenvalue weighted by atomic mass is 9.93. The van der Waals surface area contributed by atoms with Crippen molar-refractivity contribution in [3.63, 3.8) is 0 Å². The van der Waals surface area contributed by atoms with Crippen LogP contribution in [0, 0.1) is 0 Å². The van der Waals surface area contributed by atoms with Gasteiger partial charge >= 0.3 is 5.97 Å². The second kappa shape index (κ2) is 8.60. The van der Waals surface area contributed by atoms with Gasteiger partial charge in [0.1, 0.15) is 23.9 Å². The molecule has 0 atom stereocenters. The zero-order chi connectivity index (χ0) is 19.2. The van der Waals surface area contributed by atoms with E-state index in [9.17, 15) is 9.90 Å². The van der Waals surface area contributed by atoms with Crippen LogP contribution in [0.1, 0.15) is 17.5 Å². The van der Waals surface area contributed by atoms with Crippen molar-refractivity contribution in [2.24, 2.45) is 0 Å². The predicted molar refractivity (Wildman–Crippen MR) is 102 cm³/mol. The van der Waals surface area contributed by atoms with Crippen molar-refractivity contribution < 1.29 is 24.1 Å². The Morgan fingerprint density at radius 1 is 1.07 bits per heavy atom. The molecule has 0 aromatic heterocycles. The van der Waals surface area contributed by atoms with Crippen LogP contribution in [0.5, 0.6) is 17.2 Å². The van der Waals surface area contributed by atoms with Gasteiger partial charge in [-0.05, 0) is 35.7 Å². The van der Waals surface area contributed by atoms with E-state index in [1.807, 2.05) is 24.3 Å². The van der Waals surface area contributed by atoms with Crippen LogP contribution in [0.3, 0.4) is 0 Å². The topological polar surface area (TPSA) is 77.0 Å². The largest absolute Gasteiger partial charge is 0.496 e. The average molecular weight is 369 g/mol. The molecule has 6 nitrogen and oxygen atoms in total. The molecular formula is C21H23NO5. The van der Waals surface area contributed by atoms with E-state index in [-0.39, 0.29) is 0 Å². The number of nitrogens with one attached hydrogen (secondary N) is 1. The molecule has 1 aliphatic rings. The molecule has 3 rings (SSSR count). The fraction of sp³-hybridized carbons (Fsp3) is 0.286. The first-order chi connectivity index (χ1) is 13.1. The van der Waals surface area contributed by atoms with Gasteiger partial charge in [-0.1, -0.05) is 18.2 Å². The smallest absolute Gasteiger partial charge is 0.333 e. The van der Waals surface area contributed by atoms with Crippen molar-refractivity contribution in [1.29, 1.82) is 0 Å². The highest BCUT2D eigenvalue weighted by Crippen LogP contribution is 2.29. The molecule has 0 saturated carbocycles. The normalized spacial score (nSPS) is 14.0. The van der Waals surface area contributed by atoms with Crippen molar-refractivity contribution >= 4 is 11.5 Å². The van der Waals surface area contributed by atoms with Gasteiger partial charge in [-0.15, -0.1) is 0 Å². The highest BCUT2D eigenvalue weighted by molar-refractivity contribution is 5.97. The van der Waals surface area contributed by atoms with Gasteiger partial charge in [0, 0.05) is 24.7 Å². The number of aliphatic carboxylic acids is 1. The number of hydrogen-bond acceptors (Lipinski definition) is 5. The average Bonchev–Trinajstić information content (AvgIpc) is 2.72. The number of rotatable bonds is 7. The van der Waals surface area contributed by atoms with E-state index in [2.05, 4.69) is 5.32 Å². The predicted octanol–water partition coefficient (Wildman–Crippen LogP) is 3.11. The van der Waals surface area contributed by atoms with E-state index < -0.39 is 5.97 Å². The van der Waals surface area contributed by atoms with Crippen LogP contribution in [0.25, 0.3) is 5.57 Å². The summed E-state index contributed by atoms with van der Waals surface area (Å²) in [5, 5.41) is 12.6. The number of carboxylic acids is 1. The Bertz CT molecular complexity index is 837. The lowest BCUT2D eigenvalue weighted by molar-refractivity contribution is -0.132. The van der Waals surface area contributed by atoms with E-state index in [1.165, 1.54) is 0 Å². The molecule has 1 heterocycles. The van der Waals surface area contributed by atoms with Crippen LogP contribution in [0.2, 0.25) is 0 Å². The zero-order valence-electron chi connectivity index (χ0n) is 15.5. The van der Waals surface area contributed by atoms with E-state index >= 15 is 0 Å². The molecule has 6 heteroatoms. The summed E-state index contributed by atoms with van der Waals surface area (Å²) < 4.78 is 16.4. The maximum absolute atomic E-state index is 11.5. The van der Waals surface area contributed by atoms with E-state index in [0.29, 0.717) is 42.4 Å². The molecule has 0 radical (unpaired) electrons. The van der Waals surface area contributed by atoms with Crippen molar-refractivity contribution in [2.45, 2.75) is 13.0 Å². The molecule has 0 saturated heterocycles. The van der Waals surface area contributed by atoms with Gasteiger partial charge in [0.25, 0.3) is 0 Å². The Balaban J connectivity index is 1.80. The van der Waals surface area contributed by atoms with Crippen LogP contribution in [0.15, 0.2) is 48.0 Å². The molecule has 0 fully saturated rings. The van der Waals surface area contributed by atoms with Gasteiger partial charge in [0.15, 0.2) is 0 Å². The maximum atomic E-state index is 11.5. The first-order valence-electron chi connectivity index (χ1n) is 8.72. The third-order valence-corrected chi connectivity index (χ3v) is 4.48. The first kappa shape index (κ1) is 18.8. The summed E-state index contributed by atoms with van der Waals surface area (Å²) >= 11 is 0. The van der Waals surface area contributed by atoms with E-state index in [4.69, 9.17) is 14.2 Å². The number of benzene rings is 2. The fourth-order valence-electron chi connectivity index (χ4n) is 3.09. The fourth-order valence-corrected chi connectivity index (χ4v) is 3.09. The molecule has 2 N–H and O–H groups in total. The molecule has 0 bridgehead atoms. The summed E-state index contributed by atoms with van der Waals surface area (Å²) in [6.45, 7) is 1.52. The van der Waals surface area contributed by atoms with Crippen LogP contribution in [0.4, 0.5) is 0 Å². The number of carboxylic acid groups (broad SMARTS) is 1. The molecule has 2 aromatic carbocycles. The Morgan fingerprint density at radius 3 is 2.44 bits per heavy atom. The maximum Gasteiger partial charge on any atom is 0.333 e. The molecule has 142 valence electrons. The highest BCUT2D eigenvalue weighted by Gasteiger charge is 2.19. The minimum absolute atomic E-state index is 0.359. The third kappa shape index (κ3) is 4.60. The lowest BCUT2D eigenvalue weighted by Crippen LogP contribution is -2.28. The molecule has 1 aliphatic heterocycles. The second-order valence-corrected chi connectivity index (χ2v) is 6.23. The van der Waals surface area contributed by atoms with Crippen molar-refractivity contribution in [2.75, 3.05) is 27.3 Å². The first-order valence-corrected chi connectivity index (χ1v) is 8.72. The van der Waals surface area contributed by atoms with Gasteiger partial charge in [-0.2, -0.15) is 0 Å². The van der Waals surface area contributed by atoms with E-state index in [1.54, 1.807) is 32.4 Å². The summed E-state index contributed by atoms with van der Waals surface area (Å²) in [5.74, 6) is 1.08. The monoisotopic (exact) mass is 369 g/mol. The summed E-state index contributed by atoms with van der Waals surface area (Å²) in [5.41, 5.74) is 3.20. The van der Waals surface area contributed by atoms with Crippen LogP contribution in [-0.4, -0.2) is 38.4 Å². The lowest BCUT2D eigenvalue weighted by Gasteiger charge is -2.19. The molecule has 0 aliphatic carbocycles. The Labute approximate surface area is 158 Å². The number of ether oxygens (including phenoxy) is 3. The van der Waals surface area contributed by atoms with Crippen LogP contribution < -0.4 is 19.5 Å². The van der Waals surface area contributed by atoms with Crippen LogP contribution >= 0.6 is 0 Å². The number of methoxy groups -OCH3 is 2. The Morgan fingerprint density at radius 2 is 1.78 bits per heavy atom. The minimum atomic E-state index is -0.873. The quantitative estimate of drug-likeness (QED) is 0.781. The molecular weight excluding hydrogens is 346 g/mol. The standard InChI is InChI=1S/C21H23NO5/c1-25-16-9-17(26-2)11-18(10-16)27-13-14-4-3-5-15(8-14)19-6-7-22-12-20(19)21(23)24/h3-5,8-11,22H,6-7,12-13H2,1-2H3,(H,23,24). The Hall–Kier alpha value is -2.99. The van der Waals surface area contributed by atoms with Crippen molar-refractivity contribution in [3.8, 4) is 17.2 Å². The van der Waals surface area contributed by atoms with Gasteiger partial charge in [0.05, 0.1) is 19.8 Å². The molecule has 0 unspecified atom stereocenters. The number of carbonyl (C=O) groups is 1. The minimum Gasteiger partial charge on any atom is -0.496 e. The van der Waals surface area contributed by atoms with Crippen molar-refractivity contribution in [1.82, 2.24) is 5.32 Å². The Kier molecular flexibility index (Phi) is 5.98. The third-order valence-electron chi connectivity index (χ3n) is 4.48. The highest BCUT2D eigenvalue weighted by atomic mass is 16.5.